The van der Waals surface area contributed by atoms with E-state index in [-0.39, 0.29) is 30.1 Å². The van der Waals surface area contributed by atoms with Crippen molar-refractivity contribution in [1.82, 2.24) is 14.7 Å². The SMILES string of the molecule is O=C(c1c(F)ccc2c1OCO2)N1CCCC1Cn1cccn1. The van der Waals surface area contributed by atoms with Crippen LogP contribution in [-0.2, 0) is 6.54 Å². The summed E-state index contributed by atoms with van der Waals surface area (Å²) in [6.45, 7) is 1.22. The number of halogens is 1. The van der Waals surface area contributed by atoms with Gasteiger partial charge >= 0.3 is 0 Å². The molecule has 1 amide bonds. The van der Waals surface area contributed by atoms with Crippen LogP contribution >= 0.6 is 0 Å². The lowest BCUT2D eigenvalue weighted by Gasteiger charge is -2.25. The molecule has 1 aromatic carbocycles. The largest absolute Gasteiger partial charge is 0.454 e. The Balaban J connectivity index is 1.62. The molecule has 2 aromatic rings. The minimum atomic E-state index is -0.580. The Bertz CT molecular complexity index is 732. The van der Waals surface area contributed by atoms with Gasteiger partial charge in [0.15, 0.2) is 11.5 Å². The maximum absolute atomic E-state index is 14.3. The van der Waals surface area contributed by atoms with Crippen LogP contribution in [0.3, 0.4) is 0 Å². The molecule has 1 fully saturated rings. The summed E-state index contributed by atoms with van der Waals surface area (Å²) in [5.74, 6) is -0.305. The number of ether oxygens (including phenoxy) is 2. The van der Waals surface area contributed by atoms with E-state index in [2.05, 4.69) is 5.10 Å². The Hall–Kier alpha value is -2.57. The highest BCUT2D eigenvalue weighted by Gasteiger charge is 2.35. The molecular formula is C16H16FN3O3. The minimum Gasteiger partial charge on any atom is -0.454 e. The molecule has 1 aromatic heterocycles. The number of hydrogen-bond acceptors (Lipinski definition) is 4. The van der Waals surface area contributed by atoms with Gasteiger partial charge in [-0.15, -0.1) is 0 Å². The van der Waals surface area contributed by atoms with E-state index in [0.29, 0.717) is 18.8 Å². The number of benzene rings is 1. The normalized spacial score (nSPS) is 19.3. The zero-order valence-corrected chi connectivity index (χ0v) is 12.4. The highest BCUT2D eigenvalue weighted by molar-refractivity contribution is 5.98. The molecular weight excluding hydrogens is 301 g/mol. The molecule has 6 nitrogen and oxygen atoms in total. The Labute approximate surface area is 132 Å². The number of rotatable bonds is 3. The smallest absolute Gasteiger partial charge is 0.261 e. The predicted molar refractivity (Wildman–Crippen MR) is 78.8 cm³/mol. The molecule has 0 bridgehead atoms. The van der Waals surface area contributed by atoms with Gasteiger partial charge in [-0.2, -0.15) is 5.10 Å². The summed E-state index contributed by atoms with van der Waals surface area (Å²) in [5, 5.41) is 4.18. The second-order valence-electron chi connectivity index (χ2n) is 5.68. The van der Waals surface area contributed by atoms with Gasteiger partial charge in [-0.05, 0) is 31.0 Å². The highest BCUT2D eigenvalue weighted by Crippen LogP contribution is 2.38. The summed E-state index contributed by atoms with van der Waals surface area (Å²) >= 11 is 0. The van der Waals surface area contributed by atoms with Gasteiger partial charge in [-0.25, -0.2) is 4.39 Å². The first-order valence-electron chi connectivity index (χ1n) is 7.60. The lowest BCUT2D eigenvalue weighted by atomic mass is 10.1. The molecule has 0 spiro atoms. The van der Waals surface area contributed by atoms with Crippen molar-refractivity contribution in [2.45, 2.75) is 25.4 Å². The Kier molecular flexibility index (Phi) is 3.40. The number of fused-ring (bicyclic) bond motifs is 1. The predicted octanol–water partition coefficient (Wildman–Crippen LogP) is 2.06. The summed E-state index contributed by atoms with van der Waals surface area (Å²) in [6, 6.07) is 4.58. The molecule has 1 saturated heterocycles. The molecule has 0 N–H and O–H groups in total. The van der Waals surface area contributed by atoms with Gasteiger partial charge in [0.1, 0.15) is 11.4 Å². The quantitative estimate of drug-likeness (QED) is 0.869. The number of aromatic nitrogens is 2. The summed E-state index contributed by atoms with van der Waals surface area (Å²) in [6.07, 6.45) is 5.33. The number of likely N-dealkylation sites (tertiary alicyclic amines) is 1. The molecule has 23 heavy (non-hydrogen) atoms. The standard InChI is InChI=1S/C16H16FN3O3/c17-12-4-5-13-15(23-10-22-13)14(12)16(21)20-8-1-3-11(20)9-19-7-2-6-18-19/h2,4-7,11H,1,3,8-10H2. The van der Waals surface area contributed by atoms with Gasteiger partial charge in [0.2, 0.25) is 6.79 Å². The third-order valence-electron chi connectivity index (χ3n) is 4.30. The van der Waals surface area contributed by atoms with Gasteiger partial charge in [0.05, 0.1) is 12.6 Å². The van der Waals surface area contributed by atoms with Crippen LogP contribution in [0.1, 0.15) is 23.2 Å². The van der Waals surface area contributed by atoms with Crippen molar-refractivity contribution in [3.05, 3.63) is 42.0 Å². The van der Waals surface area contributed by atoms with Gasteiger partial charge in [0, 0.05) is 18.9 Å². The van der Waals surface area contributed by atoms with E-state index in [1.807, 2.05) is 12.3 Å². The van der Waals surface area contributed by atoms with Crippen molar-refractivity contribution in [2.75, 3.05) is 13.3 Å². The number of hydrogen-bond donors (Lipinski definition) is 0. The molecule has 0 radical (unpaired) electrons. The summed E-state index contributed by atoms with van der Waals surface area (Å²) < 4.78 is 26.6. The van der Waals surface area contributed by atoms with Crippen LogP contribution in [0.2, 0.25) is 0 Å². The average molecular weight is 317 g/mol. The molecule has 7 heteroatoms. The fourth-order valence-electron chi connectivity index (χ4n) is 3.21. The minimum absolute atomic E-state index is 0.0000208. The van der Waals surface area contributed by atoms with Gasteiger partial charge in [0.25, 0.3) is 5.91 Å². The van der Waals surface area contributed by atoms with Crippen LogP contribution < -0.4 is 9.47 Å². The van der Waals surface area contributed by atoms with Crippen LogP contribution in [0.5, 0.6) is 11.5 Å². The van der Waals surface area contributed by atoms with Crippen molar-refractivity contribution in [1.29, 1.82) is 0 Å². The second-order valence-corrected chi connectivity index (χ2v) is 5.68. The van der Waals surface area contributed by atoms with E-state index in [9.17, 15) is 9.18 Å². The molecule has 3 heterocycles. The van der Waals surface area contributed by atoms with Crippen molar-refractivity contribution in [3.63, 3.8) is 0 Å². The number of carbonyl (C=O) groups excluding carboxylic acids is 1. The number of amides is 1. The third kappa shape index (κ3) is 2.42. The fraction of sp³-hybridized carbons (Fsp3) is 0.375. The summed E-state index contributed by atoms with van der Waals surface area (Å²) in [5.41, 5.74) is -0.0348. The van der Waals surface area contributed by atoms with Gasteiger partial charge in [-0.3, -0.25) is 9.48 Å². The first-order chi connectivity index (χ1) is 11.2. The highest BCUT2D eigenvalue weighted by atomic mass is 19.1. The van der Waals surface area contributed by atoms with Crippen LogP contribution in [0.15, 0.2) is 30.6 Å². The molecule has 2 aliphatic heterocycles. The third-order valence-corrected chi connectivity index (χ3v) is 4.30. The van der Waals surface area contributed by atoms with Gasteiger partial charge < -0.3 is 14.4 Å². The van der Waals surface area contributed by atoms with E-state index in [1.165, 1.54) is 12.1 Å². The fourth-order valence-corrected chi connectivity index (χ4v) is 3.21. The Morgan fingerprint density at radius 3 is 3.13 bits per heavy atom. The zero-order valence-electron chi connectivity index (χ0n) is 12.4. The number of nitrogens with zero attached hydrogens (tertiary/aromatic N) is 3. The molecule has 1 atom stereocenters. The number of carbonyl (C=O) groups is 1. The topological polar surface area (TPSA) is 56.6 Å². The summed E-state index contributed by atoms with van der Waals surface area (Å²) in [4.78, 5) is 14.6. The second kappa shape index (κ2) is 5.57. The van der Waals surface area contributed by atoms with Crippen LogP contribution in [-0.4, -0.2) is 40.0 Å². The van der Waals surface area contributed by atoms with Crippen molar-refractivity contribution in [2.24, 2.45) is 0 Å². The van der Waals surface area contributed by atoms with E-state index in [0.717, 1.165) is 12.8 Å². The van der Waals surface area contributed by atoms with E-state index in [1.54, 1.807) is 15.8 Å². The Morgan fingerprint density at radius 1 is 1.39 bits per heavy atom. The lowest BCUT2D eigenvalue weighted by Crippen LogP contribution is -2.38. The molecule has 4 rings (SSSR count). The van der Waals surface area contributed by atoms with E-state index >= 15 is 0 Å². The molecule has 2 aliphatic rings. The monoisotopic (exact) mass is 317 g/mol. The van der Waals surface area contributed by atoms with Crippen molar-refractivity contribution in [3.8, 4) is 11.5 Å². The molecule has 1 unspecified atom stereocenters. The van der Waals surface area contributed by atoms with Crippen LogP contribution in [0.4, 0.5) is 4.39 Å². The lowest BCUT2D eigenvalue weighted by molar-refractivity contribution is 0.0712. The van der Waals surface area contributed by atoms with Crippen LogP contribution in [0, 0.1) is 5.82 Å². The van der Waals surface area contributed by atoms with E-state index < -0.39 is 5.82 Å². The van der Waals surface area contributed by atoms with Gasteiger partial charge in [-0.1, -0.05) is 0 Å². The Morgan fingerprint density at radius 2 is 2.30 bits per heavy atom. The van der Waals surface area contributed by atoms with Crippen LogP contribution in [0.25, 0.3) is 0 Å². The molecule has 0 aliphatic carbocycles. The molecule has 0 saturated carbocycles. The maximum Gasteiger partial charge on any atom is 0.261 e. The first-order valence-corrected chi connectivity index (χ1v) is 7.60. The zero-order chi connectivity index (χ0) is 15.8. The molecule has 120 valence electrons. The average Bonchev–Trinajstić information content (AvgIpc) is 3.27. The van der Waals surface area contributed by atoms with Crippen molar-refractivity contribution < 1.29 is 18.7 Å². The van der Waals surface area contributed by atoms with Crippen molar-refractivity contribution >= 4 is 5.91 Å². The maximum atomic E-state index is 14.3. The first kappa shape index (κ1) is 14.0. The summed E-state index contributed by atoms with van der Waals surface area (Å²) in [7, 11) is 0. The van der Waals surface area contributed by atoms with E-state index in [4.69, 9.17) is 9.47 Å².